The summed E-state index contributed by atoms with van der Waals surface area (Å²) in [6.45, 7) is 3.70. The van der Waals surface area contributed by atoms with Crippen LogP contribution >= 0.6 is 11.8 Å². The number of hydrogen-bond donors (Lipinski definition) is 0. The van der Waals surface area contributed by atoms with Crippen LogP contribution in [0.5, 0.6) is 0 Å². The molecule has 2 heterocycles. The molecule has 112 valence electrons. The van der Waals surface area contributed by atoms with Crippen molar-refractivity contribution in [2.75, 3.05) is 13.2 Å². The van der Waals surface area contributed by atoms with Crippen molar-refractivity contribution in [2.45, 2.75) is 13.8 Å². The van der Waals surface area contributed by atoms with E-state index in [9.17, 15) is 14.4 Å². The molecule has 1 saturated heterocycles. The van der Waals surface area contributed by atoms with Crippen molar-refractivity contribution in [1.82, 2.24) is 4.90 Å². The highest BCUT2D eigenvalue weighted by Crippen LogP contribution is 2.32. The maximum atomic E-state index is 12.1. The molecule has 1 aliphatic heterocycles. The lowest BCUT2D eigenvalue weighted by Crippen LogP contribution is -2.34. The third-order valence-electron chi connectivity index (χ3n) is 2.55. The van der Waals surface area contributed by atoms with E-state index >= 15 is 0 Å². The summed E-state index contributed by atoms with van der Waals surface area (Å²) in [6, 6.07) is 3.35. The number of nitrogens with zero attached hydrogens (tertiary/aromatic N) is 1. The zero-order chi connectivity index (χ0) is 15.4. The van der Waals surface area contributed by atoms with Crippen molar-refractivity contribution in [3.05, 3.63) is 29.1 Å². The lowest BCUT2D eigenvalue weighted by molar-refractivity contribution is -0.147. The zero-order valence-corrected chi connectivity index (χ0v) is 12.5. The Morgan fingerprint density at radius 2 is 2.24 bits per heavy atom. The molecule has 1 aromatic rings. The molecule has 0 spiro atoms. The van der Waals surface area contributed by atoms with Gasteiger partial charge in [0.25, 0.3) is 11.1 Å². The van der Waals surface area contributed by atoms with E-state index in [0.29, 0.717) is 5.76 Å². The summed E-state index contributed by atoms with van der Waals surface area (Å²) in [5, 5.41) is -0.487. The van der Waals surface area contributed by atoms with Gasteiger partial charge in [-0.1, -0.05) is 13.8 Å². The highest BCUT2D eigenvalue weighted by molar-refractivity contribution is 8.18. The minimum absolute atomic E-state index is 0.197. The Balaban J connectivity index is 2.00. The van der Waals surface area contributed by atoms with Gasteiger partial charge in [-0.15, -0.1) is 0 Å². The molecule has 1 aromatic heterocycles. The number of ether oxygens (including phenoxy) is 1. The van der Waals surface area contributed by atoms with Gasteiger partial charge < -0.3 is 9.15 Å². The van der Waals surface area contributed by atoms with Crippen LogP contribution in [0.1, 0.15) is 19.6 Å². The predicted octanol–water partition coefficient (Wildman–Crippen LogP) is 2.52. The topological polar surface area (TPSA) is 76.8 Å². The van der Waals surface area contributed by atoms with Crippen LogP contribution in [0.2, 0.25) is 0 Å². The predicted molar refractivity (Wildman–Crippen MR) is 77.2 cm³/mol. The van der Waals surface area contributed by atoms with Crippen molar-refractivity contribution < 1.29 is 23.5 Å². The van der Waals surface area contributed by atoms with Crippen molar-refractivity contribution >= 4 is 35.0 Å². The number of furan rings is 1. The van der Waals surface area contributed by atoms with E-state index in [-0.39, 0.29) is 24.0 Å². The minimum atomic E-state index is -0.592. The van der Waals surface area contributed by atoms with Gasteiger partial charge >= 0.3 is 5.97 Å². The van der Waals surface area contributed by atoms with Crippen molar-refractivity contribution in [3.63, 3.8) is 0 Å². The highest BCUT2D eigenvalue weighted by atomic mass is 32.2. The molecule has 2 rings (SSSR count). The minimum Gasteiger partial charge on any atom is -0.465 e. The van der Waals surface area contributed by atoms with Gasteiger partial charge in [-0.2, -0.15) is 0 Å². The van der Waals surface area contributed by atoms with Gasteiger partial charge in [-0.05, 0) is 29.8 Å². The molecule has 21 heavy (non-hydrogen) atoms. The van der Waals surface area contributed by atoms with Crippen molar-refractivity contribution in [1.29, 1.82) is 0 Å². The number of carbonyl (C=O) groups excluding carboxylic acids is 3. The molecule has 7 heteroatoms. The molecular weight excluding hydrogens is 294 g/mol. The van der Waals surface area contributed by atoms with E-state index < -0.39 is 17.1 Å². The first kappa shape index (κ1) is 15.4. The summed E-state index contributed by atoms with van der Waals surface area (Å²) in [4.78, 5) is 36.6. The summed E-state index contributed by atoms with van der Waals surface area (Å²) in [5.41, 5.74) is 0. The number of amides is 2. The third-order valence-corrected chi connectivity index (χ3v) is 3.46. The Bertz CT molecular complexity index is 576. The van der Waals surface area contributed by atoms with Crippen LogP contribution in [-0.2, 0) is 14.3 Å². The molecule has 2 amide bonds. The third kappa shape index (κ3) is 3.98. The molecule has 0 bridgehead atoms. The molecular formula is C14H15NO5S. The van der Waals surface area contributed by atoms with Gasteiger partial charge in [0.1, 0.15) is 12.3 Å². The maximum absolute atomic E-state index is 12.1. The molecule has 0 aliphatic carbocycles. The lowest BCUT2D eigenvalue weighted by Gasteiger charge is -2.12. The number of hydrogen-bond acceptors (Lipinski definition) is 6. The summed E-state index contributed by atoms with van der Waals surface area (Å²) in [5.74, 6) is -0.432. The van der Waals surface area contributed by atoms with Gasteiger partial charge in [-0.25, -0.2) is 0 Å². The van der Waals surface area contributed by atoms with E-state index in [4.69, 9.17) is 9.15 Å². The molecule has 0 unspecified atom stereocenters. The second-order valence-electron chi connectivity index (χ2n) is 4.86. The lowest BCUT2D eigenvalue weighted by atomic mass is 10.2. The molecule has 1 fully saturated rings. The van der Waals surface area contributed by atoms with Crippen LogP contribution in [0.25, 0.3) is 6.08 Å². The summed E-state index contributed by atoms with van der Waals surface area (Å²) >= 11 is 0.777. The molecule has 6 nitrogen and oxygen atoms in total. The van der Waals surface area contributed by atoms with Gasteiger partial charge in [0.05, 0.1) is 17.8 Å². The zero-order valence-electron chi connectivity index (χ0n) is 11.7. The van der Waals surface area contributed by atoms with Crippen LogP contribution in [0.3, 0.4) is 0 Å². The van der Waals surface area contributed by atoms with E-state index in [1.54, 1.807) is 12.1 Å². The number of imide groups is 1. The van der Waals surface area contributed by atoms with E-state index in [1.807, 2.05) is 13.8 Å². The Morgan fingerprint density at radius 3 is 2.86 bits per heavy atom. The van der Waals surface area contributed by atoms with E-state index in [1.165, 1.54) is 12.3 Å². The molecule has 0 aromatic carbocycles. The normalized spacial score (nSPS) is 17.1. The van der Waals surface area contributed by atoms with Gasteiger partial charge in [-0.3, -0.25) is 19.3 Å². The van der Waals surface area contributed by atoms with Crippen LogP contribution in [0, 0.1) is 5.92 Å². The monoisotopic (exact) mass is 309 g/mol. The Labute approximate surface area is 126 Å². The summed E-state index contributed by atoms with van der Waals surface area (Å²) in [7, 11) is 0. The number of carbonyl (C=O) groups is 3. The molecule has 0 atom stereocenters. The van der Waals surface area contributed by atoms with Crippen molar-refractivity contribution in [2.24, 2.45) is 5.92 Å². The highest BCUT2D eigenvalue weighted by Gasteiger charge is 2.36. The fourth-order valence-electron chi connectivity index (χ4n) is 1.57. The fourth-order valence-corrected chi connectivity index (χ4v) is 2.39. The van der Waals surface area contributed by atoms with Crippen molar-refractivity contribution in [3.8, 4) is 0 Å². The van der Waals surface area contributed by atoms with E-state index in [2.05, 4.69) is 0 Å². The van der Waals surface area contributed by atoms with Crippen LogP contribution < -0.4 is 0 Å². The molecule has 0 saturated carbocycles. The first-order chi connectivity index (χ1) is 9.97. The smallest absolute Gasteiger partial charge is 0.326 e. The fraction of sp³-hybridized carbons (Fsp3) is 0.357. The Morgan fingerprint density at radius 1 is 1.48 bits per heavy atom. The van der Waals surface area contributed by atoms with Gasteiger partial charge in [0.2, 0.25) is 0 Å². The summed E-state index contributed by atoms with van der Waals surface area (Å²) < 4.78 is 10.1. The maximum Gasteiger partial charge on any atom is 0.326 e. The number of thioether (sulfide) groups is 1. The van der Waals surface area contributed by atoms with Gasteiger partial charge in [0.15, 0.2) is 0 Å². The molecule has 1 aliphatic rings. The second kappa shape index (κ2) is 6.62. The van der Waals surface area contributed by atoms with E-state index in [0.717, 1.165) is 16.7 Å². The summed E-state index contributed by atoms with van der Waals surface area (Å²) in [6.07, 6.45) is 2.95. The first-order valence-electron chi connectivity index (χ1n) is 6.42. The Kier molecular flexibility index (Phi) is 4.85. The number of rotatable bonds is 5. The molecule has 0 radical (unpaired) electrons. The largest absolute Gasteiger partial charge is 0.465 e. The number of esters is 1. The van der Waals surface area contributed by atoms with Crippen LogP contribution in [0.15, 0.2) is 27.7 Å². The molecule has 0 N–H and O–H groups in total. The average Bonchev–Trinajstić information content (AvgIpc) is 3.01. The average molecular weight is 309 g/mol. The second-order valence-corrected chi connectivity index (χ2v) is 5.85. The quantitative estimate of drug-likeness (QED) is 0.614. The van der Waals surface area contributed by atoms with Crippen LogP contribution in [-0.4, -0.2) is 35.2 Å². The SMILES string of the molecule is CC(C)COC(=O)CN1C(=O)S/C(=C/c2ccco2)C1=O. The van der Waals surface area contributed by atoms with Gasteiger partial charge in [0, 0.05) is 6.08 Å². The Hall–Kier alpha value is -2.02. The van der Waals surface area contributed by atoms with Crippen LogP contribution in [0.4, 0.5) is 4.79 Å². The standard InChI is InChI=1S/C14H15NO5S/c1-9(2)8-20-12(16)7-15-13(17)11(21-14(15)18)6-10-4-3-5-19-10/h3-6,9H,7-8H2,1-2H3/b11-6+. The first-order valence-corrected chi connectivity index (χ1v) is 7.23.